The summed E-state index contributed by atoms with van der Waals surface area (Å²) in [7, 11) is 1.33. The highest BCUT2D eigenvalue weighted by Gasteiger charge is 2.34. The first-order valence-corrected chi connectivity index (χ1v) is 6.59. The first-order valence-electron chi connectivity index (χ1n) is 6.59. The Balaban J connectivity index is 2.44. The zero-order chi connectivity index (χ0) is 18.1. The van der Waals surface area contributed by atoms with Crippen LogP contribution in [0.3, 0.4) is 0 Å². The van der Waals surface area contributed by atoms with Crippen molar-refractivity contribution < 1.29 is 26.3 Å². The van der Waals surface area contributed by atoms with Crippen LogP contribution < -0.4 is 10.6 Å². The van der Waals surface area contributed by atoms with E-state index in [4.69, 9.17) is 0 Å². The highest BCUT2D eigenvalue weighted by molar-refractivity contribution is 5.62. The Morgan fingerprint density at radius 2 is 1.58 bits per heavy atom. The van der Waals surface area contributed by atoms with Gasteiger partial charge in [0.05, 0.1) is 5.56 Å². The van der Waals surface area contributed by atoms with Gasteiger partial charge in [-0.05, 0) is 24.6 Å². The first-order chi connectivity index (χ1) is 11.0. The second-order valence-corrected chi connectivity index (χ2v) is 4.86. The molecule has 0 radical (unpaired) electrons. The highest BCUT2D eigenvalue weighted by atomic mass is 19.4. The summed E-state index contributed by atoms with van der Waals surface area (Å²) in [6.07, 6.45) is -9.28. The Kier molecular flexibility index (Phi) is 4.59. The van der Waals surface area contributed by atoms with Crippen LogP contribution in [0.2, 0.25) is 0 Å². The number of nitrogens with one attached hydrogen (secondary N) is 2. The van der Waals surface area contributed by atoms with Crippen LogP contribution in [0.5, 0.6) is 0 Å². The Labute approximate surface area is 132 Å². The molecule has 0 aliphatic heterocycles. The molecular weight excluding hydrogens is 338 g/mol. The third-order valence-corrected chi connectivity index (χ3v) is 3.07. The summed E-state index contributed by atoms with van der Waals surface area (Å²) in [6.45, 7) is 1.52. The number of alkyl halides is 6. The summed E-state index contributed by atoms with van der Waals surface area (Å²) in [4.78, 5) is 7.06. The van der Waals surface area contributed by atoms with E-state index in [1.165, 1.54) is 20.0 Å². The fraction of sp³-hybridized carbons (Fsp3) is 0.286. The molecule has 1 heterocycles. The van der Waals surface area contributed by atoms with Gasteiger partial charge in [0.25, 0.3) is 0 Å². The van der Waals surface area contributed by atoms with Gasteiger partial charge in [0, 0.05) is 18.8 Å². The summed E-state index contributed by atoms with van der Waals surface area (Å²) in [5.74, 6) is -0.582. The molecule has 0 aliphatic rings. The van der Waals surface area contributed by atoms with E-state index in [1.54, 1.807) is 0 Å². The van der Waals surface area contributed by atoms with E-state index >= 15 is 0 Å². The number of halogens is 6. The van der Waals surface area contributed by atoms with Crippen LogP contribution in [0.1, 0.15) is 16.8 Å². The standard InChI is InChI=1S/C14H12F6N4/c1-7-3-4-8(13(15,16)17)5-9(7)22-11-6-10(14(18,19)20)23-12(21-2)24-11/h3-6H,1-2H3,(H2,21,22,23,24). The molecule has 24 heavy (non-hydrogen) atoms. The molecule has 10 heteroatoms. The van der Waals surface area contributed by atoms with Gasteiger partial charge in [0.15, 0.2) is 5.69 Å². The average molecular weight is 350 g/mol. The van der Waals surface area contributed by atoms with Crippen LogP contribution in [0.15, 0.2) is 24.3 Å². The van der Waals surface area contributed by atoms with Gasteiger partial charge in [0.1, 0.15) is 5.82 Å². The van der Waals surface area contributed by atoms with E-state index in [2.05, 4.69) is 20.6 Å². The Hall–Kier alpha value is -2.52. The molecule has 0 fully saturated rings. The smallest absolute Gasteiger partial charge is 0.357 e. The molecule has 130 valence electrons. The quantitative estimate of drug-likeness (QED) is 0.794. The van der Waals surface area contributed by atoms with E-state index in [9.17, 15) is 26.3 Å². The maximum Gasteiger partial charge on any atom is 0.433 e. The van der Waals surface area contributed by atoms with Gasteiger partial charge in [-0.25, -0.2) is 4.98 Å². The van der Waals surface area contributed by atoms with Gasteiger partial charge >= 0.3 is 12.4 Å². The van der Waals surface area contributed by atoms with Crippen LogP contribution in [-0.2, 0) is 12.4 Å². The molecular formula is C14H12F6N4. The monoisotopic (exact) mass is 350 g/mol. The summed E-state index contributed by atoms with van der Waals surface area (Å²) in [5, 5.41) is 4.85. The maximum absolute atomic E-state index is 12.8. The van der Waals surface area contributed by atoms with Crippen molar-refractivity contribution in [2.75, 3.05) is 17.7 Å². The second-order valence-electron chi connectivity index (χ2n) is 4.86. The Morgan fingerprint density at radius 3 is 2.12 bits per heavy atom. The number of aromatic nitrogens is 2. The highest BCUT2D eigenvalue weighted by Crippen LogP contribution is 2.34. The van der Waals surface area contributed by atoms with Gasteiger partial charge in [-0.15, -0.1) is 0 Å². The van der Waals surface area contributed by atoms with Crippen LogP contribution in [0.4, 0.5) is 43.8 Å². The normalized spacial score (nSPS) is 12.2. The van der Waals surface area contributed by atoms with E-state index in [0.717, 1.165) is 12.1 Å². The molecule has 2 N–H and O–H groups in total. The lowest BCUT2D eigenvalue weighted by Crippen LogP contribution is -2.12. The van der Waals surface area contributed by atoms with Crippen molar-refractivity contribution in [2.24, 2.45) is 0 Å². The average Bonchev–Trinajstić information content (AvgIpc) is 2.47. The minimum atomic E-state index is -4.71. The topological polar surface area (TPSA) is 49.8 Å². The van der Waals surface area contributed by atoms with Crippen LogP contribution in [-0.4, -0.2) is 17.0 Å². The van der Waals surface area contributed by atoms with Crippen molar-refractivity contribution in [3.8, 4) is 0 Å². The van der Waals surface area contributed by atoms with Gasteiger partial charge in [0.2, 0.25) is 5.95 Å². The van der Waals surface area contributed by atoms with E-state index in [-0.39, 0.29) is 17.5 Å². The number of benzene rings is 1. The number of anilines is 3. The lowest BCUT2D eigenvalue weighted by molar-refractivity contribution is -0.141. The summed E-state index contributed by atoms with van der Waals surface area (Å²) in [6, 6.07) is 3.54. The lowest BCUT2D eigenvalue weighted by atomic mass is 10.1. The predicted molar refractivity (Wildman–Crippen MR) is 76.0 cm³/mol. The second kappa shape index (κ2) is 6.17. The molecule has 0 unspecified atom stereocenters. The van der Waals surface area contributed by atoms with Gasteiger partial charge in [-0.1, -0.05) is 6.07 Å². The molecule has 0 saturated heterocycles. The molecule has 0 amide bonds. The van der Waals surface area contributed by atoms with Crippen molar-refractivity contribution in [3.63, 3.8) is 0 Å². The molecule has 1 aromatic heterocycles. The van der Waals surface area contributed by atoms with Gasteiger partial charge < -0.3 is 10.6 Å². The van der Waals surface area contributed by atoms with E-state index in [0.29, 0.717) is 11.6 Å². The molecule has 0 spiro atoms. The number of rotatable bonds is 3. The van der Waals surface area contributed by atoms with Gasteiger partial charge in [-0.2, -0.15) is 31.3 Å². The number of nitrogens with zero attached hydrogens (tertiary/aromatic N) is 2. The SMILES string of the molecule is CNc1nc(Nc2cc(C(F)(F)F)ccc2C)cc(C(F)(F)F)n1. The van der Waals surface area contributed by atoms with Crippen LogP contribution in [0, 0.1) is 6.92 Å². The summed E-state index contributed by atoms with van der Waals surface area (Å²) >= 11 is 0. The van der Waals surface area contributed by atoms with E-state index < -0.39 is 23.6 Å². The fourth-order valence-corrected chi connectivity index (χ4v) is 1.84. The molecule has 0 atom stereocenters. The molecule has 2 rings (SSSR count). The third kappa shape index (κ3) is 4.06. The molecule has 0 aliphatic carbocycles. The lowest BCUT2D eigenvalue weighted by Gasteiger charge is -2.15. The van der Waals surface area contributed by atoms with Crippen LogP contribution in [0.25, 0.3) is 0 Å². The fourth-order valence-electron chi connectivity index (χ4n) is 1.84. The first kappa shape index (κ1) is 17.8. The minimum Gasteiger partial charge on any atom is -0.357 e. The van der Waals surface area contributed by atoms with E-state index in [1.807, 2.05) is 0 Å². The van der Waals surface area contributed by atoms with Crippen molar-refractivity contribution in [1.29, 1.82) is 0 Å². The summed E-state index contributed by atoms with van der Waals surface area (Å²) < 4.78 is 76.8. The van der Waals surface area contributed by atoms with Gasteiger partial charge in [-0.3, -0.25) is 0 Å². The zero-order valence-electron chi connectivity index (χ0n) is 12.5. The molecule has 0 saturated carbocycles. The van der Waals surface area contributed by atoms with Crippen molar-refractivity contribution in [1.82, 2.24) is 9.97 Å². The molecule has 1 aromatic carbocycles. The largest absolute Gasteiger partial charge is 0.433 e. The molecule has 4 nitrogen and oxygen atoms in total. The van der Waals surface area contributed by atoms with Crippen LogP contribution >= 0.6 is 0 Å². The van der Waals surface area contributed by atoms with Crippen molar-refractivity contribution in [3.05, 3.63) is 41.1 Å². The van der Waals surface area contributed by atoms with Crippen molar-refractivity contribution in [2.45, 2.75) is 19.3 Å². The molecule has 2 aromatic rings. The maximum atomic E-state index is 12.8. The molecule has 0 bridgehead atoms. The number of aryl methyl sites for hydroxylation is 1. The third-order valence-electron chi connectivity index (χ3n) is 3.07. The Bertz CT molecular complexity index is 739. The summed E-state index contributed by atoms with van der Waals surface area (Å²) in [5.41, 5.74) is -1.72. The predicted octanol–water partition coefficient (Wildman–Crippen LogP) is 4.61. The number of hydrogen-bond acceptors (Lipinski definition) is 4. The number of hydrogen-bond donors (Lipinski definition) is 2. The van der Waals surface area contributed by atoms with Crippen molar-refractivity contribution >= 4 is 17.5 Å². The Morgan fingerprint density at radius 1 is 0.917 bits per heavy atom. The zero-order valence-corrected chi connectivity index (χ0v) is 12.5. The minimum absolute atomic E-state index is 0.00120.